The largest absolute Gasteiger partial charge is 0.447 e. The van der Waals surface area contributed by atoms with Gasteiger partial charge in [0.2, 0.25) is 0 Å². The van der Waals surface area contributed by atoms with Crippen LogP contribution in [-0.2, 0) is 4.74 Å². The van der Waals surface area contributed by atoms with Gasteiger partial charge in [0, 0.05) is 5.41 Å². The van der Waals surface area contributed by atoms with Gasteiger partial charge in [-0.1, -0.05) is 44.2 Å². The van der Waals surface area contributed by atoms with Crippen molar-refractivity contribution in [1.82, 2.24) is 5.32 Å². The minimum atomic E-state index is -0.332. The molecular formula is C12H15NO2. The van der Waals surface area contributed by atoms with E-state index in [2.05, 4.69) is 37.4 Å². The van der Waals surface area contributed by atoms with Crippen molar-refractivity contribution in [1.29, 1.82) is 0 Å². The Bertz CT molecular complexity index is 364. The molecule has 0 bridgehead atoms. The Morgan fingerprint density at radius 2 is 2.27 bits per heavy atom. The summed E-state index contributed by atoms with van der Waals surface area (Å²) in [5.74, 6) is 0. The molecule has 1 aliphatic carbocycles. The molecule has 0 saturated carbocycles. The Labute approximate surface area is 89.5 Å². The van der Waals surface area contributed by atoms with Gasteiger partial charge in [0.15, 0.2) is 0 Å². The van der Waals surface area contributed by atoms with E-state index in [4.69, 9.17) is 4.74 Å². The maximum atomic E-state index is 10.9. The van der Waals surface area contributed by atoms with Gasteiger partial charge in [-0.25, -0.2) is 4.79 Å². The van der Waals surface area contributed by atoms with Gasteiger partial charge in [-0.2, -0.15) is 0 Å². The van der Waals surface area contributed by atoms with Crippen molar-refractivity contribution in [3.8, 4) is 0 Å². The highest BCUT2D eigenvalue weighted by Crippen LogP contribution is 2.24. The second-order valence-electron chi connectivity index (χ2n) is 4.48. The number of rotatable bonds is 1. The van der Waals surface area contributed by atoms with Gasteiger partial charge in [0.1, 0.15) is 6.61 Å². The van der Waals surface area contributed by atoms with Crippen LogP contribution in [0.2, 0.25) is 0 Å². The van der Waals surface area contributed by atoms with Gasteiger partial charge in [-0.15, -0.1) is 0 Å². The second kappa shape index (κ2) is 3.57. The molecule has 1 heterocycles. The summed E-state index contributed by atoms with van der Waals surface area (Å²) >= 11 is 0. The number of amides is 1. The number of hydrogen-bond donors (Lipinski definition) is 1. The monoisotopic (exact) mass is 205 g/mol. The third kappa shape index (κ3) is 2.29. The third-order valence-corrected chi connectivity index (χ3v) is 2.60. The first kappa shape index (κ1) is 10.0. The summed E-state index contributed by atoms with van der Waals surface area (Å²) in [6, 6.07) is -0.00713. The van der Waals surface area contributed by atoms with Gasteiger partial charge in [0.25, 0.3) is 0 Å². The fraction of sp³-hybridized carbons (Fsp3) is 0.417. The van der Waals surface area contributed by atoms with Crippen LogP contribution in [0.25, 0.3) is 0 Å². The molecule has 1 saturated heterocycles. The van der Waals surface area contributed by atoms with Crippen LogP contribution in [0.1, 0.15) is 13.8 Å². The molecule has 80 valence electrons. The highest BCUT2D eigenvalue weighted by Gasteiger charge is 2.25. The van der Waals surface area contributed by atoms with Gasteiger partial charge in [-0.3, -0.25) is 0 Å². The molecule has 1 aliphatic heterocycles. The Morgan fingerprint density at radius 1 is 1.47 bits per heavy atom. The molecule has 1 atom stereocenters. The van der Waals surface area contributed by atoms with E-state index in [-0.39, 0.29) is 17.6 Å². The van der Waals surface area contributed by atoms with Crippen molar-refractivity contribution < 1.29 is 9.53 Å². The zero-order valence-electron chi connectivity index (χ0n) is 8.99. The minimum Gasteiger partial charge on any atom is -0.447 e. The minimum absolute atomic E-state index is 0.00713. The van der Waals surface area contributed by atoms with E-state index in [9.17, 15) is 4.79 Å². The van der Waals surface area contributed by atoms with Gasteiger partial charge in [-0.05, 0) is 5.57 Å². The van der Waals surface area contributed by atoms with E-state index in [0.717, 1.165) is 5.57 Å². The molecule has 1 fully saturated rings. The van der Waals surface area contributed by atoms with E-state index in [1.165, 1.54) is 0 Å². The van der Waals surface area contributed by atoms with Crippen LogP contribution in [0.3, 0.4) is 0 Å². The van der Waals surface area contributed by atoms with Crippen molar-refractivity contribution in [3.05, 3.63) is 36.0 Å². The number of carbonyl (C=O) groups is 1. The highest BCUT2D eigenvalue weighted by atomic mass is 16.6. The van der Waals surface area contributed by atoms with Crippen LogP contribution < -0.4 is 5.32 Å². The molecule has 3 nitrogen and oxygen atoms in total. The molecule has 0 aromatic carbocycles. The molecule has 15 heavy (non-hydrogen) atoms. The molecule has 1 N–H and O–H groups in total. The molecule has 1 amide bonds. The first-order valence-electron chi connectivity index (χ1n) is 5.09. The van der Waals surface area contributed by atoms with Crippen LogP contribution in [0.5, 0.6) is 0 Å². The van der Waals surface area contributed by atoms with E-state index < -0.39 is 0 Å². The average molecular weight is 205 g/mol. The topological polar surface area (TPSA) is 38.3 Å². The molecule has 3 heteroatoms. The zero-order chi connectivity index (χ0) is 10.9. The van der Waals surface area contributed by atoms with E-state index in [1.807, 2.05) is 12.2 Å². The SMILES string of the molecule is CC1(C)C=CC=C(C2COC(=O)N2)C=C1. The fourth-order valence-electron chi connectivity index (χ4n) is 1.63. The second-order valence-corrected chi connectivity index (χ2v) is 4.48. The Hall–Kier alpha value is -1.51. The van der Waals surface area contributed by atoms with Crippen LogP contribution in [0.4, 0.5) is 4.79 Å². The van der Waals surface area contributed by atoms with Crippen LogP contribution in [0.15, 0.2) is 36.0 Å². The van der Waals surface area contributed by atoms with Crippen LogP contribution >= 0.6 is 0 Å². The van der Waals surface area contributed by atoms with Crippen molar-refractivity contribution >= 4 is 6.09 Å². The lowest BCUT2D eigenvalue weighted by Gasteiger charge is -2.13. The lowest BCUT2D eigenvalue weighted by Crippen LogP contribution is -2.27. The van der Waals surface area contributed by atoms with Gasteiger partial charge >= 0.3 is 6.09 Å². The average Bonchev–Trinajstić information content (AvgIpc) is 2.49. The lowest BCUT2D eigenvalue weighted by atomic mass is 9.93. The van der Waals surface area contributed by atoms with Crippen LogP contribution in [0, 0.1) is 5.41 Å². The zero-order valence-corrected chi connectivity index (χ0v) is 8.99. The van der Waals surface area contributed by atoms with Crippen molar-refractivity contribution in [2.24, 2.45) is 5.41 Å². The lowest BCUT2D eigenvalue weighted by molar-refractivity contribution is 0.177. The molecule has 2 aliphatic rings. The number of ether oxygens (including phenoxy) is 1. The summed E-state index contributed by atoms with van der Waals surface area (Å²) in [4.78, 5) is 10.9. The highest BCUT2D eigenvalue weighted by molar-refractivity contribution is 5.70. The summed E-state index contributed by atoms with van der Waals surface area (Å²) in [6.45, 7) is 4.70. The molecule has 0 radical (unpaired) electrons. The normalized spacial score (nSPS) is 28.0. The first-order valence-corrected chi connectivity index (χ1v) is 5.09. The van der Waals surface area contributed by atoms with Gasteiger partial charge in [0.05, 0.1) is 6.04 Å². The van der Waals surface area contributed by atoms with Crippen molar-refractivity contribution in [2.75, 3.05) is 6.61 Å². The summed E-state index contributed by atoms with van der Waals surface area (Å²) in [6.07, 6.45) is 10.0. The molecule has 0 aromatic heterocycles. The quantitative estimate of drug-likeness (QED) is 0.712. The maximum absolute atomic E-state index is 10.9. The molecule has 0 aromatic rings. The van der Waals surface area contributed by atoms with Gasteiger partial charge < -0.3 is 10.1 Å². The first-order chi connectivity index (χ1) is 7.07. The summed E-state index contributed by atoms with van der Waals surface area (Å²) in [7, 11) is 0. The standard InChI is InChI=1S/C12H15NO2/c1-12(2)6-3-4-9(5-7-12)10-8-15-11(14)13-10/h3-7,10H,8H2,1-2H3,(H,13,14). The predicted molar refractivity (Wildman–Crippen MR) is 58.4 cm³/mol. The van der Waals surface area contributed by atoms with E-state index in [0.29, 0.717) is 6.61 Å². The number of nitrogens with one attached hydrogen (secondary N) is 1. The number of carbonyl (C=O) groups excluding carboxylic acids is 1. The number of cyclic esters (lactones) is 1. The Morgan fingerprint density at radius 3 is 2.93 bits per heavy atom. The fourth-order valence-corrected chi connectivity index (χ4v) is 1.63. The number of alkyl carbamates (subject to hydrolysis) is 1. The Balaban J connectivity index is 2.15. The number of hydrogen-bond acceptors (Lipinski definition) is 2. The van der Waals surface area contributed by atoms with Crippen molar-refractivity contribution in [2.45, 2.75) is 19.9 Å². The molecule has 1 unspecified atom stereocenters. The van der Waals surface area contributed by atoms with E-state index >= 15 is 0 Å². The Kier molecular flexibility index (Phi) is 2.39. The van der Waals surface area contributed by atoms with E-state index in [1.54, 1.807) is 0 Å². The van der Waals surface area contributed by atoms with Crippen LogP contribution in [-0.4, -0.2) is 18.7 Å². The smallest absolute Gasteiger partial charge is 0.407 e. The molecule has 0 spiro atoms. The van der Waals surface area contributed by atoms with Crippen molar-refractivity contribution in [3.63, 3.8) is 0 Å². The third-order valence-electron chi connectivity index (χ3n) is 2.60. The maximum Gasteiger partial charge on any atom is 0.407 e. The molecular weight excluding hydrogens is 190 g/mol. The summed E-state index contributed by atoms with van der Waals surface area (Å²) in [5.41, 5.74) is 1.16. The molecule has 2 rings (SSSR count). The number of allylic oxidation sites excluding steroid dienone is 4. The predicted octanol–water partition coefficient (Wildman–Crippen LogP) is 2.17. The summed E-state index contributed by atoms with van der Waals surface area (Å²) in [5, 5.41) is 2.76. The summed E-state index contributed by atoms with van der Waals surface area (Å²) < 4.78 is 4.86.